The Kier molecular flexibility index (Phi) is 4.19. The molecule has 0 spiro atoms. The van der Waals surface area contributed by atoms with Crippen molar-refractivity contribution in [1.29, 1.82) is 0 Å². The zero-order chi connectivity index (χ0) is 14.0. The van der Waals surface area contributed by atoms with Crippen molar-refractivity contribution in [1.82, 2.24) is 4.31 Å². The third-order valence-corrected chi connectivity index (χ3v) is 5.08. The Morgan fingerprint density at radius 3 is 2.89 bits per heavy atom. The minimum Gasteiger partial charge on any atom is -0.395 e. The van der Waals surface area contributed by atoms with Crippen molar-refractivity contribution in [2.24, 2.45) is 0 Å². The fourth-order valence-corrected chi connectivity index (χ4v) is 3.57. The van der Waals surface area contributed by atoms with E-state index in [0.717, 1.165) is 6.07 Å². The zero-order valence-corrected chi connectivity index (χ0v) is 11.4. The van der Waals surface area contributed by atoms with Gasteiger partial charge in [-0.25, -0.2) is 12.8 Å². The second-order valence-electron chi connectivity index (χ2n) is 4.44. The van der Waals surface area contributed by atoms with Crippen molar-refractivity contribution in [2.75, 3.05) is 26.4 Å². The Balaban J connectivity index is 2.37. The maximum absolute atomic E-state index is 13.5. The van der Waals surface area contributed by atoms with Gasteiger partial charge in [0.1, 0.15) is 5.82 Å². The van der Waals surface area contributed by atoms with E-state index in [9.17, 15) is 17.9 Å². The van der Waals surface area contributed by atoms with E-state index in [1.54, 1.807) is 6.92 Å². The Hall–Kier alpha value is -1.02. The predicted octanol–water partition coefficient (Wildman–Crippen LogP) is 0.516. The molecule has 0 aliphatic carbocycles. The number of hydrogen-bond donors (Lipinski definition) is 1. The van der Waals surface area contributed by atoms with Crippen LogP contribution in [0.15, 0.2) is 23.1 Å². The molecule has 0 bridgehead atoms. The number of aliphatic hydroxyl groups is 1. The predicted molar refractivity (Wildman–Crippen MR) is 66.7 cm³/mol. The fourth-order valence-electron chi connectivity index (χ4n) is 1.97. The van der Waals surface area contributed by atoms with Crippen LogP contribution in [0.25, 0.3) is 0 Å². The standard InChI is InChI=1S/C12H16FNO4S/c1-9-2-3-11(6-12(9)13)19(16,17)14-4-5-18-8-10(14)7-15/h2-3,6,10,15H,4-5,7-8H2,1H3. The summed E-state index contributed by atoms with van der Waals surface area (Å²) in [7, 11) is -3.81. The summed E-state index contributed by atoms with van der Waals surface area (Å²) >= 11 is 0. The minimum atomic E-state index is -3.81. The summed E-state index contributed by atoms with van der Waals surface area (Å²) in [6.45, 7) is 1.81. The number of ether oxygens (including phenoxy) is 1. The first-order valence-electron chi connectivity index (χ1n) is 5.93. The Morgan fingerprint density at radius 1 is 1.53 bits per heavy atom. The average Bonchev–Trinajstić information content (AvgIpc) is 2.41. The van der Waals surface area contributed by atoms with Crippen LogP contribution in [0.3, 0.4) is 0 Å². The highest BCUT2D eigenvalue weighted by molar-refractivity contribution is 7.89. The molecule has 0 amide bonds. The highest BCUT2D eigenvalue weighted by Gasteiger charge is 2.33. The van der Waals surface area contributed by atoms with Crippen LogP contribution in [0.2, 0.25) is 0 Å². The number of benzene rings is 1. The Labute approximate surface area is 111 Å². The van der Waals surface area contributed by atoms with Gasteiger partial charge in [0.15, 0.2) is 0 Å². The van der Waals surface area contributed by atoms with E-state index < -0.39 is 21.9 Å². The van der Waals surface area contributed by atoms with Crippen molar-refractivity contribution < 1.29 is 22.7 Å². The summed E-state index contributed by atoms with van der Waals surface area (Å²) < 4.78 is 44.6. The van der Waals surface area contributed by atoms with Crippen LogP contribution >= 0.6 is 0 Å². The van der Waals surface area contributed by atoms with Gasteiger partial charge in [0.25, 0.3) is 0 Å². The maximum atomic E-state index is 13.5. The van der Waals surface area contributed by atoms with Gasteiger partial charge in [-0.1, -0.05) is 6.07 Å². The van der Waals surface area contributed by atoms with Crippen molar-refractivity contribution in [3.63, 3.8) is 0 Å². The van der Waals surface area contributed by atoms with E-state index in [0.29, 0.717) is 5.56 Å². The molecule has 1 aliphatic heterocycles. The molecule has 1 atom stereocenters. The summed E-state index contributed by atoms with van der Waals surface area (Å²) in [6.07, 6.45) is 0. The molecule has 0 radical (unpaired) electrons. The lowest BCUT2D eigenvalue weighted by Gasteiger charge is -2.33. The summed E-state index contributed by atoms with van der Waals surface area (Å²) in [5, 5.41) is 9.21. The van der Waals surface area contributed by atoms with Crippen LogP contribution in [0.1, 0.15) is 5.56 Å². The quantitative estimate of drug-likeness (QED) is 0.881. The van der Waals surface area contributed by atoms with Gasteiger partial charge < -0.3 is 9.84 Å². The summed E-state index contributed by atoms with van der Waals surface area (Å²) in [5.41, 5.74) is 0.389. The molecular formula is C12H16FNO4S. The molecule has 1 N–H and O–H groups in total. The van der Waals surface area contributed by atoms with Crippen LogP contribution in [-0.4, -0.2) is 50.2 Å². The first-order valence-corrected chi connectivity index (χ1v) is 7.37. The van der Waals surface area contributed by atoms with Crippen LogP contribution in [0.4, 0.5) is 4.39 Å². The number of rotatable bonds is 3. The lowest BCUT2D eigenvalue weighted by molar-refractivity contribution is 0.0109. The van der Waals surface area contributed by atoms with Crippen LogP contribution < -0.4 is 0 Å². The zero-order valence-electron chi connectivity index (χ0n) is 10.5. The topological polar surface area (TPSA) is 66.8 Å². The first-order chi connectivity index (χ1) is 8.96. The van der Waals surface area contributed by atoms with Gasteiger partial charge in [0.05, 0.1) is 30.8 Å². The molecule has 1 unspecified atom stereocenters. The van der Waals surface area contributed by atoms with Gasteiger partial charge in [0.2, 0.25) is 10.0 Å². The van der Waals surface area contributed by atoms with Crippen molar-refractivity contribution in [3.05, 3.63) is 29.6 Å². The third-order valence-electron chi connectivity index (χ3n) is 3.13. The fraction of sp³-hybridized carbons (Fsp3) is 0.500. The van der Waals surface area contributed by atoms with Gasteiger partial charge in [0, 0.05) is 6.54 Å². The van der Waals surface area contributed by atoms with E-state index >= 15 is 0 Å². The van der Waals surface area contributed by atoms with E-state index in [2.05, 4.69) is 0 Å². The second-order valence-corrected chi connectivity index (χ2v) is 6.33. The third kappa shape index (κ3) is 2.79. The summed E-state index contributed by atoms with van der Waals surface area (Å²) in [5.74, 6) is -0.560. The largest absolute Gasteiger partial charge is 0.395 e. The highest BCUT2D eigenvalue weighted by Crippen LogP contribution is 2.22. The lowest BCUT2D eigenvalue weighted by atomic mass is 10.2. The number of nitrogens with zero attached hydrogens (tertiary/aromatic N) is 1. The molecule has 19 heavy (non-hydrogen) atoms. The monoisotopic (exact) mass is 289 g/mol. The van der Waals surface area contributed by atoms with Gasteiger partial charge in [-0.05, 0) is 24.6 Å². The Bertz CT molecular complexity index is 561. The molecule has 7 heteroatoms. The van der Waals surface area contributed by atoms with Crippen LogP contribution in [-0.2, 0) is 14.8 Å². The van der Waals surface area contributed by atoms with Gasteiger partial charge in [-0.2, -0.15) is 4.31 Å². The number of halogens is 1. The van der Waals surface area contributed by atoms with Gasteiger partial charge in [-0.3, -0.25) is 0 Å². The van der Waals surface area contributed by atoms with E-state index in [1.807, 2.05) is 0 Å². The summed E-state index contributed by atoms with van der Waals surface area (Å²) in [6, 6.07) is 3.19. The molecule has 1 heterocycles. The molecular weight excluding hydrogens is 273 g/mol. The number of sulfonamides is 1. The Morgan fingerprint density at radius 2 is 2.26 bits per heavy atom. The van der Waals surface area contributed by atoms with E-state index in [4.69, 9.17) is 4.74 Å². The highest BCUT2D eigenvalue weighted by atomic mass is 32.2. The summed E-state index contributed by atoms with van der Waals surface area (Å²) in [4.78, 5) is -0.101. The van der Waals surface area contributed by atoms with Crippen molar-refractivity contribution in [2.45, 2.75) is 17.9 Å². The molecule has 0 aromatic heterocycles. The maximum Gasteiger partial charge on any atom is 0.243 e. The normalized spacial score (nSPS) is 21.5. The molecule has 0 saturated carbocycles. The van der Waals surface area contributed by atoms with Crippen LogP contribution in [0, 0.1) is 12.7 Å². The molecule has 1 aromatic carbocycles. The second kappa shape index (κ2) is 5.54. The molecule has 5 nitrogen and oxygen atoms in total. The van der Waals surface area contributed by atoms with Crippen LogP contribution in [0.5, 0.6) is 0 Å². The lowest BCUT2D eigenvalue weighted by Crippen LogP contribution is -2.50. The van der Waals surface area contributed by atoms with Gasteiger partial charge >= 0.3 is 0 Å². The minimum absolute atomic E-state index is 0.101. The van der Waals surface area contributed by atoms with Gasteiger partial charge in [-0.15, -0.1) is 0 Å². The number of hydrogen-bond acceptors (Lipinski definition) is 4. The average molecular weight is 289 g/mol. The number of morpholine rings is 1. The smallest absolute Gasteiger partial charge is 0.243 e. The molecule has 1 saturated heterocycles. The van der Waals surface area contributed by atoms with Crippen molar-refractivity contribution >= 4 is 10.0 Å². The SMILES string of the molecule is Cc1ccc(S(=O)(=O)N2CCOCC2CO)cc1F. The number of aryl methyl sites for hydroxylation is 1. The van der Waals surface area contributed by atoms with E-state index in [-0.39, 0.29) is 31.3 Å². The molecule has 1 aromatic rings. The first kappa shape index (κ1) is 14.4. The molecule has 1 fully saturated rings. The molecule has 2 rings (SSSR count). The van der Waals surface area contributed by atoms with E-state index in [1.165, 1.54) is 16.4 Å². The van der Waals surface area contributed by atoms with Crippen molar-refractivity contribution in [3.8, 4) is 0 Å². The number of aliphatic hydroxyl groups excluding tert-OH is 1. The molecule has 1 aliphatic rings. The molecule has 106 valence electrons.